The second-order valence-electron chi connectivity index (χ2n) is 5.28. The monoisotopic (exact) mass is 271 g/mol. The van der Waals surface area contributed by atoms with Crippen LogP contribution in [-0.2, 0) is 9.47 Å². The largest absolute Gasteiger partial charge is 0.347 e. The van der Waals surface area contributed by atoms with E-state index in [1.165, 1.54) is 5.56 Å². The molecule has 2 aliphatic rings. The number of rotatable bonds is 3. The van der Waals surface area contributed by atoms with Crippen molar-refractivity contribution in [2.24, 2.45) is 0 Å². The van der Waals surface area contributed by atoms with Gasteiger partial charge in [-0.25, -0.2) is 0 Å². The zero-order valence-electron chi connectivity index (χ0n) is 11.6. The summed E-state index contributed by atoms with van der Waals surface area (Å²) in [6.07, 6.45) is 10.3. The van der Waals surface area contributed by atoms with Crippen molar-refractivity contribution in [2.75, 3.05) is 19.8 Å². The molecule has 106 valence electrons. The summed E-state index contributed by atoms with van der Waals surface area (Å²) in [6.45, 7) is 2.39. The molecule has 1 aromatic rings. The van der Waals surface area contributed by atoms with Crippen LogP contribution in [0.2, 0.25) is 0 Å². The molecule has 0 amide bonds. The van der Waals surface area contributed by atoms with Gasteiger partial charge in [0.25, 0.3) is 0 Å². The van der Waals surface area contributed by atoms with E-state index in [0.717, 1.165) is 32.6 Å². The van der Waals surface area contributed by atoms with Crippen molar-refractivity contribution < 1.29 is 9.47 Å². The number of allylic oxidation sites excluding steroid dienone is 2. The molecule has 3 rings (SSSR count). The molecule has 0 bridgehead atoms. The lowest BCUT2D eigenvalue weighted by atomic mass is 9.97. The van der Waals surface area contributed by atoms with Gasteiger partial charge in [-0.2, -0.15) is 0 Å². The summed E-state index contributed by atoms with van der Waals surface area (Å²) < 4.78 is 11.5. The Hall–Kier alpha value is -1.42. The number of benzene rings is 1. The zero-order valence-corrected chi connectivity index (χ0v) is 11.6. The van der Waals surface area contributed by atoms with Crippen LogP contribution in [0.25, 0.3) is 6.08 Å². The van der Waals surface area contributed by atoms with Crippen LogP contribution >= 0.6 is 0 Å². The zero-order chi connectivity index (χ0) is 13.7. The minimum absolute atomic E-state index is 0.322. The molecule has 20 heavy (non-hydrogen) atoms. The van der Waals surface area contributed by atoms with Crippen molar-refractivity contribution in [3.8, 4) is 0 Å². The van der Waals surface area contributed by atoms with Gasteiger partial charge in [0.1, 0.15) is 0 Å². The molecule has 1 atom stereocenters. The maximum Gasteiger partial charge on any atom is 0.171 e. The number of hydrogen-bond acceptors (Lipinski definition) is 3. The van der Waals surface area contributed by atoms with Gasteiger partial charge in [-0.1, -0.05) is 54.6 Å². The second kappa shape index (κ2) is 6.35. The van der Waals surface area contributed by atoms with Crippen molar-refractivity contribution in [1.29, 1.82) is 0 Å². The smallest absolute Gasteiger partial charge is 0.171 e. The summed E-state index contributed by atoms with van der Waals surface area (Å²) >= 11 is 0. The van der Waals surface area contributed by atoms with Gasteiger partial charge in [0.2, 0.25) is 0 Å². The van der Waals surface area contributed by atoms with Gasteiger partial charge in [0.15, 0.2) is 5.79 Å². The van der Waals surface area contributed by atoms with Crippen molar-refractivity contribution in [2.45, 2.75) is 24.7 Å². The third-order valence-electron chi connectivity index (χ3n) is 3.80. The molecular weight excluding hydrogens is 250 g/mol. The highest BCUT2D eigenvalue weighted by molar-refractivity contribution is 5.50. The molecule has 2 fully saturated rings. The number of ether oxygens (including phenoxy) is 2. The van der Waals surface area contributed by atoms with Crippen molar-refractivity contribution >= 4 is 6.08 Å². The Kier molecular flexibility index (Phi) is 4.31. The Balaban J connectivity index is 1.55. The average Bonchev–Trinajstić information content (AvgIpc) is 2.93. The molecule has 2 saturated heterocycles. The Morgan fingerprint density at radius 3 is 2.70 bits per heavy atom. The normalized spacial score (nSPS) is 25.9. The van der Waals surface area contributed by atoms with E-state index in [9.17, 15) is 0 Å². The highest BCUT2D eigenvalue weighted by Gasteiger charge is 2.40. The van der Waals surface area contributed by atoms with Crippen LogP contribution < -0.4 is 5.32 Å². The van der Waals surface area contributed by atoms with Gasteiger partial charge in [-0.3, -0.25) is 0 Å². The minimum Gasteiger partial charge on any atom is -0.347 e. The number of hydrogen-bond donors (Lipinski definition) is 1. The van der Waals surface area contributed by atoms with Gasteiger partial charge in [-0.15, -0.1) is 0 Å². The Morgan fingerprint density at radius 1 is 1.10 bits per heavy atom. The second-order valence-corrected chi connectivity index (χ2v) is 5.28. The van der Waals surface area contributed by atoms with E-state index in [1.807, 2.05) is 18.2 Å². The van der Waals surface area contributed by atoms with Crippen LogP contribution in [0, 0.1) is 0 Å². The molecule has 3 heteroatoms. The van der Waals surface area contributed by atoms with Crippen LogP contribution in [0.15, 0.2) is 48.6 Å². The van der Waals surface area contributed by atoms with E-state index < -0.39 is 0 Å². The molecule has 2 heterocycles. The van der Waals surface area contributed by atoms with Gasteiger partial charge >= 0.3 is 0 Å². The first-order chi connectivity index (χ1) is 9.86. The fraction of sp³-hybridized carbons (Fsp3) is 0.412. The maximum absolute atomic E-state index is 5.77. The lowest BCUT2D eigenvalue weighted by Gasteiger charge is -2.35. The first kappa shape index (κ1) is 13.6. The number of piperidine rings is 1. The van der Waals surface area contributed by atoms with Crippen molar-refractivity contribution in [3.63, 3.8) is 0 Å². The van der Waals surface area contributed by atoms with Gasteiger partial charge in [-0.05, 0) is 5.56 Å². The molecular formula is C17H21NO2. The molecule has 2 aliphatic heterocycles. The van der Waals surface area contributed by atoms with E-state index >= 15 is 0 Å². The maximum atomic E-state index is 5.77. The first-order valence-corrected chi connectivity index (χ1v) is 7.28. The Bertz CT molecular complexity index is 475. The van der Waals surface area contributed by atoms with E-state index in [0.29, 0.717) is 6.04 Å². The summed E-state index contributed by atoms with van der Waals surface area (Å²) in [5, 5.41) is 3.49. The fourth-order valence-electron chi connectivity index (χ4n) is 2.78. The SMILES string of the molecule is C(/C=C/[C@H]1CC2(CCN1)OCCO2)=C\c1ccccc1. The summed E-state index contributed by atoms with van der Waals surface area (Å²) in [5.41, 5.74) is 1.22. The van der Waals surface area contributed by atoms with E-state index in [-0.39, 0.29) is 5.79 Å². The minimum atomic E-state index is -0.330. The molecule has 0 unspecified atom stereocenters. The molecule has 1 aromatic carbocycles. The van der Waals surface area contributed by atoms with Gasteiger partial charge < -0.3 is 14.8 Å². The predicted molar refractivity (Wildman–Crippen MR) is 80.3 cm³/mol. The van der Waals surface area contributed by atoms with Crippen LogP contribution in [0.4, 0.5) is 0 Å². The van der Waals surface area contributed by atoms with Crippen molar-refractivity contribution in [1.82, 2.24) is 5.32 Å². The first-order valence-electron chi connectivity index (χ1n) is 7.28. The molecule has 0 saturated carbocycles. The van der Waals surface area contributed by atoms with E-state index in [1.54, 1.807) is 0 Å². The van der Waals surface area contributed by atoms with Crippen LogP contribution in [0.5, 0.6) is 0 Å². The lowest BCUT2D eigenvalue weighted by molar-refractivity contribution is -0.177. The highest BCUT2D eigenvalue weighted by atomic mass is 16.7. The van der Waals surface area contributed by atoms with E-state index in [2.05, 4.69) is 41.8 Å². The number of nitrogens with one attached hydrogen (secondary N) is 1. The average molecular weight is 271 g/mol. The summed E-state index contributed by atoms with van der Waals surface area (Å²) in [6, 6.07) is 10.6. The molecule has 1 spiro atoms. The predicted octanol–water partition coefficient (Wildman–Crippen LogP) is 2.75. The van der Waals surface area contributed by atoms with Crippen LogP contribution in [0.3, 0.4) is 0 Å². The third kappa shape index (κ3) is 3.37. The summed E-state index contributed by atoms with van der Waals surface area (Å²) in [7, 11) is 0. The lowest BCUT2D eigenvalue weighted by Crippen LogP contribution is -2.47. The fourth-order valence-corrected chi connectivity index (χ4v) is 2.78. The quantitative estimate of drug-likeness (QED) is 0.858. The van der Waals surface area contributed by atoms with Crippen LogP contribution in [-0.4, -0.2) is 31.6 Å². The topological polar surface area (TPSA) is 30.5 Å². The molecule has 1 N–H and O–H groups in total. The standard InChI is InChI=1S/C17H21NO2/c1-2-6-15(7-3-1)8-4-5-9-16-14-17(10-11-18-16)19-12-13-20-17/h1-9,16,18H,10-14H2/b8-4+,9-5+/t16-/m0/s1. The Labute approximate surface area is 120 Å². The summed E-state index contributed by atoms with van der Waals surface area (Å²) in [5.74, 6) is -0.330. The van der Waals surface area contributed by atoms with Crippen LogP contribution in [0.1, 0.15) is 18.4 Å². The molecule has 0 radical (unpaired) electrons. The third-order valence-corrected chi connectivity index (χ3v) is 3.80. The molecule has 0 aliphatic carbocycles. The van der Waals surface area contributed by atoms with Crippen molar-refractivity contribution in [3.05, 3.63) is 54.1 Å². The highest BCUT2D eigenvalue weighted by Crippen LogP contribution is 2.31. The summed E-state index contributed by atoms with van der Waals surface area (Å²) in [4.78, 5) is 0. The van der Waals surface area contributed by atoms with E-state index in [4.69, 9.17) is 9.47 Å². The Morgan fingerprint density at radius 2 is 1.90 bits per heavy atom. The van der Waals surface area contributed by atoms with Gasteiger partial charge in [0.05, 0.1) is 13.2 Å². The molecule has 0 aromatic heterocycles. The molecule has 3 nitrogen and oxygen atoms in total. The van der Waals surface area contributed by atoms with Gasteiger partial charge in [0, 0.05) is 25.4 Å².